The third-order valence-electron chi connectivity index (χ3n) is 2.03. The summed E-state index contributed by atoms with van der Waals surface area (Å²) in [4.78, 5) is 5.52. The van der Waals surface area contributed by atoms with E-state index in [1.54, 1.807) is 11.3 Å². The maximum absolute atomic E-state index is 5.73. The van der Waals surface area contributed by atoms with E-state index in [0.717, 1.165) is 22.9 Å². The molecular weight excluding hydrogens is 208 g/mol. The van der Waals surface area contributed by atoms with Crippen molar-refractivity contribution >= 4 is 11.3 Å². The van der Waals surface area contributed by atoms with Crippen LogP contribution in [0.4, 0.5) is 0 Å². The number of aromatic nitrogens is 1. The average molecular weight is 222 g/mol. The van der Waals surface area contributed by atoms with E-state index in [0.29, 0.717) is 0 Å². The maximum atomic E-state index is 5.73. The van der Waals surface area contributed by atoms with Crippen LogP contribution in [-0.4, -0.2) is 11.0 Å². The van der Waals surface area contributed by atoms with E-state index >= 15 is 0 Å². The molecule has 0 saturated carbocycles. The first-order valence-electron chi connectivity index (χ1n) is 4.92. The van der Waals surface area contributed by atoms with Crippen LogP contribution in [-0.2, 0) is 6.42 Å². The lowest BCUT2D eigenvalue weighted by atomic mass is 10.2. The number of rotatable bonds is 3. The number of furan rings is 1. The fraction of sp³-hybridized carbons (Fsp3) is 0.364. The van der Waals surface area contributed by atoms with E-state index in [2.05, 4.69) is 4.98 Å². The molecule has 0 amide bonds. The predicted molar refractivity (Wildman–Crippen MR) is 61.9 cm³/mol. The normalized spacial score (nSPS) is 13.0. The summed E-state index contributed by atoms with van der Waals surface area (Å²) in [5.41, 5.74) is 5.73. The summed E-state index contributed by atoms with van der Waals surface area (Å²) in [6, 6.07) is 4.07. The molecule has 1 unspecified atom stereocenters. The summed E-state index contributed by atoms with van der Waals surface area (Å²) < 4.78 is 5.50. The number of thiazole rings is 1. The van der Waals surface area contributed by atoms with Crippen molar-refractivity contribution in [3.8, 4) is 10.8 Å². The Balaban J connectivity index is 2.20. The summed E-state index contributed by atoms with van der Waals surface area (Å²) in [5, 5.41) is 0.929. The zero-order valence-electron chi connectivity index (χ0n) is 8.86. The Hall–Kier alpha value is -1.13. The van der Waals surface area contributed by atoms with Crippen molar-refractivity contribution in [1.29, 1.82) is 0 Å². The zero-order chi connectivity index (χ0) is 10.8. The highest BCUT2D eigenvalue weighted by Crippen LogP contribution is 2.27. The first kappa shape index (κ1) is 10.4. The molecule has 2 rings (SSSR count). The predicted octanol–water partition coefficient (Wildman–Crippen LogP) is 2.60. The Morgan fingerprint density at radius 1 is 1.53 bits per heavy atom. The number of hydrogen-bond donors (Lipinski definition) is 1. The van der Waals surface area contributed by atoms with Crippen LogP contribution < -0.4 is 5.73 Å². The van der Waals surface area contributed by atoms with Crippen molar-refractivity contribution in [2.24, 2.45) is 5.73 Å². The van der Waals surface area contributed by atoms with Crippen LogP contribution in [0.5, 0.6) is 0 Å². The first-order chi connectivity index (χ1) is 7.15. The summed E-state index contributed by atoms with van der Waals surface area (Å²) in [6.07, 6.45) is 2.75. The Morgan fingerprint density at radius 2 is 2.33 bits per heavy atom. The van der Waals surface area contributed by atoms with Crippen LogP contribution >= 0.6 is 11.3 Å². The van der Waals surface area contributed by atoms with Crippen LogP contribution in [0.2, 0.25) is 0 Å². The molecule has 2 aromatic heterocycles. The second-order valence-electron chi connectivity index (χ2n) is 3.72. The lowest BCUT2D eigenvalue weighted by molar-refractivity contribution is 0.548. The monoisotopic (exact) mass is 222 g/mol. The van der Waals surface area contributed by atoms with E-state index in [9.17, 15) is 0 Å². The topological polar surface area (TPSA) is 52.0 Å². The van der Waals surface area contributed by atoms with Gasteiger partial charge in [0.2, 0.25) is 0 Å². The van der Waals surface area contributed by atoms with Gasteiger partial charge in [0.1, 0.15) is 5.76 Å². The van der Waals surface area contributed by atoms with Crippen molar-refractivity contribution < 1.29 is 4.42 Å². The van der Waals surface area contributed by atoms with Crippen LogP contribution in [0.1, 0.15) is 17.6 Å². The molecule has 15 heavy (non-hydrogen) atoms. The van der Waals surface area contributed by atoms with E-state index in [1.165, 1.54) is 4.88 Å². The van der Waals surface area contributed by atoms with Gasteiger partial charge in [-0.25, -0.2) is 4.98 Å². The highest BCUT2D eigenvalue weighted by molar-refractivity contribution is 7.14. The minimum atomic E-state index is 0.177. The van der Waals surface area contributed by atoms with Crippen LogP contribution in [0, 0.1) is 6.92 Å². The van der Waals surface area contributed by atoms with Gasteiger partial charge in [-0.2, -0.15) is 0 Å². The van der Waals surface area contributed by atoms with Crippen molar-refractivity contribution in [2.45, 2.75) is 26.3 Å². The van der Waals surface area contributed by atoms with Gasteiger partial charge < -0.3 is 10.2 Å². The standard InChI is InChI=1S/C11H14N2OS/c1-7(12)5-9-6-13-11(15-9)10-4-3-8(2)14-10/h3-4,6-7H,5,12H2,1-2H3. The van der Waals surface area contributed by atoms with Gasteiger partial charge in [-0.1, -0.05) is 0 Å². The van der Waals surface area contributed by atoms with E-state index < -0.39 is 0 Å². The average Bonchev–Trinajstić information content (AvgIpc) is 2.72. The van der Waals surface area contributed by atoms with Crippen molar-refractivity contribution in [2.75, 3.05) is 0 Å². The molecule has 80 valence electrons. The summed E-state index contributed by atoms with van der Waals surface area (Å²) in [6.45, 7) is 3.93. The third kappa shape index (κ3) is 2.46. The van der Waals surface area contributed by atoms with Crippen molar-refractivity contribution in [3.63, 3.8) is 0 Å². The largest absolute Gasteiger partial charge is 0.459 e. The van der Waals surface area contributed by atoms with Gasteiger partial charge in [0.15, 0.2) is 10.8 Å². The molecule has 4 heteroatoms. The third-order valence-corrected chi connectivity index (χ3v) is 3.06. The van der Waals surface area contributed by atoms with E-state index in [-0.39, 0.29) is 6.04 Å². The minimum absolute atomic E-state index is 0.177. The van der Waals surface area contributed by atoms with Crippen LogP contribution in [0.25, 0.3) is 10.8 Å². The number of aryl methyl sites for hydroxylation is 1. The van der Waals surface area contributed by atoms with Crippen LogP contribution in [0.3, 0.4) is 0 Å². The van der Waals surface area contributed by atoms with Gasteiger partial charge in [-0.05, 0) is 32.4 Å². The van der Waals surface area contributed by atoms with E-state index in [1.807, 2.05) is 32.2 Å². The molecule has 0 aromatic carbocycles. The molecule has 2 heterocycles. The molecule has 2 N–H and O–H groups in total. The number of hydrogen-bond acceptors (Lipinski definition) is 4. The Labute approximate surface area is 92.9 Å². The zero-order valence-corrected chi connectivity index (χ0v) is 9.67. The van der Waals surface area contributed by atoms with Gasteiger partial charge in [-0.15, -0.1) is 11.3 Å². The van der Waals surface area contributed by atoms with Gasteiger partial charge >= 0.3 is 0 Å². The Morgan fingerprint density at radius 3 is 2.93 bits per heavy atom. The highest BCUT2D eigenvalue weighted by atomic mass is 32.1. The molecule has 0 aliphatic carbocycles. The highest BCUT2D eigenvalue weighted by Gasteiger charge is 2.09. The lowest BCUT2D eigenvalue weighted by Crippen LogP contribution is -2.16. The van der Waals surface area contributed by atoms with Crippen molar-refractivity contribution in [3.05, 3.63) is 29.0 Å². The molecule has 0 aliphatic heterocycles. The fourth-order valence-electron chi connectivity index (χ4n) is 1.38. The van der Waals surface area contributed by atoms with E-state index in [4.69, 9.17) is 10.2 Å². The second-order valence-corrected chi connectivity index (χ2v) is 4.84. The molecule has 0 spiro atoms. The van der Waals surface area contributed by atoms with Gasteiger partial charge in [0.05, 0.1) is 0 Å². The van der Waals surface area contributed by atoms with Crippen LogP contribution in [0.15, 0.2) is 22.7 Å². The first-order valence-corrected chi connectivity index (χ1v) is 5.74. The molecular formula is C11H14N2OS. The molecule has 0 fully saturated rings. The van der Waals surface area contributed by atoms with Gasteiger partial charge in [0, 0.05) is 17.1 Å². The number of nitrogens with zero attached hydrogens (tertiary/aromatic N) is 1. The second kappa shape index (κ2) is 4.16. The summed E-state index contributed by atoms with van der Waals surface area (Å²) >= 11 is 1.64. The van der Waals surface area contributed by atoms with Gasteiger partial charge in [-0.3, -0.25) is 0 Å². The fourth-order valence-corrected chi connectivity index (χ4v) is 2.40. The summed E-state index contributed by atoms with van der Waals surface area (Å²) in [5.74, 6) is 1.75. The van der Waals surface area contributed by atoms with Gasteiger partial charge in [0.25, 0.3) is 0 Å². The molecule has 0 aliphatic rings. The smallest absolute Gasteiger partial charge is 0.162 e. The van der Waals surface area contributed by atoms with Crippen molar-refractivity contribution in [1.82, 2.24) is 4.98 Å². The Bertz CT molecular complexity index is 445. The molecule has 1 atom stereocenters. The Kier molecular flexibility index (Phi) is 2.88. The lowest BCUT2D eigenvalue weighted by Gasteiger charge is -1.98. The molecule has 2 aromatic rings. The molecule has 0 radical (unpaired) electrons. The molecule has 0 saturated heterocycles. The quantitative estimate of drug-likeness (QED) is 0.868. The molecule has 3 nitrogen and oxygen atoms in total. The maximum Gasteiger partial charge on any atom is 0.162 e. The number of nitrogens with two attached hydrogens (primary N) is 1. The molecule has 0 bridgehead atoms. The minimum Gasteiger partial charge on any atom is -0.459 e. The summed E-state index contributed by atoms with van der Waals surface area (Å²) in [7, 11) is 0. The SMILES string of the molecule is Cc1ccc(-c2ncc(CC(C)N)s2)o1.